The van der Waals surface area contributed by atoms with Crippen LogP contribution in [-0.4, -0.2) is 45.1 Å². The van der Waals surface area contributed by atoms with Gasteiger partial charge in [-0.15, -0.1) is 0 Å². The summed E-state index contributed by atoms with van der Waals surface area (Å²) in [5, 5.41) is 0. The van der Waals surface area contributed by atoms with E-state index >= 15 is 0 Å². The molecule has 150 valence electrons. The molecule has 0 spiro atoms. The van der Waals surface area contributed by atoms with Crippen molar-refractivity contribution < 1.29 is 23.7 Å². The lowest BCUT2D eigenvalue weighted by atomic mass is 9.51. The summed E-state index contributed by atoms with van der Waals surface area (Å²) in [6.45, 7) is 5.71. The molecule has 2 aliphatic rings. The zero-order valence-electron chi connectivity index (χ0n) is 16.7. The number of rotatable bonds is 11. The highest BCUT2D eigenvalue weighted by Gasteiger charge is 2.64. The Kier molecular flexibility index (Phi) is 7.04. The number of hydrogen-bond acceptors (Lipinski definition) is 5. The molecular formula is C22H32O5. The Morgan fingerprint density at radius 1 is 1.15 bits per heavy atom. The average Bonchev–Trinajstić information content (AvgIpc) is 3.16. The quantitative estimate of drug-likeness (QED) is 0.436. The molecule has 0 saturated heterocycles. The van der Waals surface area contributed by atoms with Gasteiger partial charge in [0.05, 0.1) is 37.4 Å². The Labute approximate surface area is 162 Å². The third-order valence-corrected chi connectivity index (χ3v) is 6.29. The van der Waals surface area contributed by atoms with Gasteiger partial charge in [-0.3, -0.25) is 4.79 Å². The zero-order valence-corrected chi connectivity index (χ0v) is 16.7. The highest BCUT2D eigenvalue weighted by Crippen LogP contribution is 2.59. The highest BCUT2D eigenvalue weighted by atomic mass is 16.7. The molecule has 2 aliphatic carbocycles. The summed E-state index contributed by atoms with van der Waals surface area (Å²) in [4.78, 5) is 12.9. The lowest BCUT2D eigenvalue weighted by molar-refractivity contribution is -0.213. The summed E-state index contributed by atoms with van der Waals surface area (Å²) in [5.74, 6) is 0.954. The third-order valence-electron chi connectivity index (χ3n) is 6.29. The average molecular weight is 376 g/mol. The molecule has 1 aromatic rings. The number of ketones is 1. The molecule has 2 saturated carbocycles. The van der Waals surface area contributed by atoms with E-state index in [2.05, 4.69) is 6.92 Å². The van der Waals surface area contributed by atoms with Crippen LogP contribution in [0.4, 0.5) is 0 Å². The van der Waals surface area contributed by atoms with E-state index in [0.29, 0.717) is 31.5 Å². The van der Waals surface area contributed by atoms with Crippen molar-refractivity contribution >= 4 is 5.78 Å². The van der Waals surface area contributed by atoms with E-state index in [1.54, 1.807) is 7.11 Å². The molecule has 0 aliphatic heterocycles. The van der Waals surface area contributed by atoms with Crippen LogP contribution < -0.4 is 0 Å². The lowest BCUT2D eigenvalue weighted by Gasteiger charge is -2.53. The minimum atomic E-state index is -0.484. The molecular weight excluding hydrogens is 344 g/mol. The van der Waals surface area contributed by atoms with Crippen LogP contribution in [0.2, 0.25) is 0 Å². The van der Waals surface area contributed by atoms with Crippen LogP contribution in [0.1, 0.15) is 38.7 Å². The van der Waals surface area contributed by atoms with E-state index in [-0.39, 0.29) is 24.9 Å². The van der Waals surface area contributed by atoms with Gasteiger partial charge in [0.15, 0.2) is 0 Å². The van der Waals surface area contributed by atoms with Gasteiger partial charge in [0.25, 0.3) is 0 Å². The van der Waals surface area contributed by atoms with Crippen LogP contribution in [0.3, 0.4) is 0 Å². The van der Waals surface area contributed by atoms with E-state index in [4.69, 9.17) is 18.9 Å². The first-order valence-electron chi connectivity index (χ1n) is 9.97. The second-order valence-corrected chi connectivity index (χ2v) is 7.90. The third kappa shape index (κ3) is 4.27. The summed E-state index contributed by atoms with van der Waals surface area (Å²) in [7, 11) is 1.64. The molecule has 0 heterocycles. The molecule has 5 nitrogen and oxygen atoms in total. The Hall–Kier alpha value is -1.27. The standard InChI is InChI=1S/C22H32O5/c1-16(26-14-17-8-5-4-6-9-17)21(27-15-25-13-12-24-3)22(2)19-11-7-10-18(19)20(22)23/h4-6,8-9,16,18-19,21H,7,10-15H2,1-3H3/t16-,18-,19+,21+,22-/m0/s1. The van der Waals surface area contributed by atoms with E-state index in [9.17, 15) is 4.79 Å². The fourth-order valence-electron chi connectivity index (χ4n) is 4.84. The van der Waals surface area contributed by atoms with Crippen LogP contribution in [-0.2, 0) is 30.3 Å². The molecule has 5 atom stereocenters. The number of benzene rings is 1. The number of Topliss-reactive ketones (excluding diaryl/α,β-unsaturated/α-hetero) is 1. The Balaban J connectivity index is 1.64. The van der Waals surface area contributed by atoms with Gasteiger partial charge in [-0.2, -0.15) is 0 Å². The van der Waals surface area contributed by atoms with Crippen molar-refractivity contribution in [3.8, 4) is 0 Å². The van der Waals surface area contributed by atoms with Crippen molar-refractivity contribution in [1.82, 2.24) is 0 Å². The zero-order chi connectivity index (χ0) is 19.3. The molecule has 0 radical (unpaired) electrons. The minimum Gasteiger partial charge on any atom is -0.382 e. The smallest absolute Gasteiger partial charge is 0.147 e. The molecule has 5 heteroatoms. The SMILES string of the molecule is COCCOCO[C@H]([C@H](C)OCc1ccccc1)[C@]1(C)C(=O)[C@H]2CCC[C@H]21. The Morgan fingerprint density at radius 3 is 2.67 bits per heavy atom. The van der Waals surface area contributed by atoms with Crippen molar-refractivity contribution in [2.24, 2.45) is 17.3 Å². The first-order chi connectivity index (χ1) is 13.1. The van der Waals surface area contributed by atoms with Crippen molar-refractivity contribution in [1.29, 1.82) is 0 Å². The number of methoxy groups -OCH3 is 1. The molecule has 2 fully saturated rings. The van der Waals surface area contributed by atoms with Crippen LogP contribution in [0.15, 0.2) is 30.3 Å². The predicted molar refractivity (Wildman–Crippen MR) is 102 cm³/mol. The van der Waals surface area contributed by atoms with Gasteiger partial charge >= 0.3 is 0 Å². The molecule has 1 aromatic carbocycles. The van der Waals surface area contributed by atoms with Crippen LogP contribution in [0.25, 0.3) is 0 Å². The monoisotopic (exact) mass is 376 g/mol. The molecule has 0 N–H and O–H groups in total. The van der Waals surface area contributed by atoms with Crippen molar-refractivity contribution in [2.45, 2.75) is 51.9 Å². The summed E-state index contributed by atoms with van der Waals surface area (Å²) in [6.07, 6.45) is 2.74. The molecule has 0 unspecified atom stereocenters. The van der Waals surface area contributed by atoms with E-state index in [0.717, 1.165) is 24.8 Å². The van der Waals surface area contributed by atoms with Crippen LogP contribution >= 0.6 is 0 Å². The molecule has 3 rings (SSSR count). The van der Waals surface area contributed by atoms with Crippen molar-refractivity contribution in [2.75, 3.05) is 27.1 Å². The summed E-state index contributed by atoms with van der Waals surface area (Å²) in [5.41, 5.74) is 0.630. The van der Waals surface area contributed by atoms with Gasteiger partial charge in [-0.05, 0) is 38.2 Å². The maximum absolute atomic E-state index is 12.9. The van der Waals surface area contributed by atoms with Gasteiger partial charge in [0, 0.05) is 13.0 Å². The Bertz CT molecular complexity index is 604. The summed E-state index contributed by atoms with van der Waals surface area (Å²) >= 11 is 0. The predicted octanol–water partition coefficient (Wildman–Crippen LogP) is 3.60. The number of fused-ring (bicyclic) bond motifs is 1. The molecule has 0 bridgehead atoms. The minimum absolute atomic E-state index is 0.146. The topological polar surface area (TPSA) is 54.0 Å². The second kappa shape index (κ2) is 9.28. The number of carbonyl (C=O) groups is 1. The van der Waals surface area contributed by atoms with Crippen molar-refractivity contribution in [3.63, 3.8) is 0 Å². The highest BCUT2D eigenvalue weighted by molar-refractivity contribution is 5.94. The second-order valence-electron chi connectivity index (χ2n) is 7.90. The van der Waals surface area contributed by atoms with E-state index in [1.165, 1.54) is 0 Å². The summed E-state index contributed by atoms with van der Waals surface area (Å²) < 4.78 is 22.7. The fraction of sp³-hybridized carbons (Fsp3) is 0.682. The normalized spacial score (nSPS) is 29.2. The van der Waals surface area contributed by atoms with Crippen LogP contribution in [0.5, 0.6) is 0 Å². The Morgan fingerprint density at radius 2 is 1.93 bits per heavy atom. The number of ether oxygens (including phenoxy) is 4. The van der Waals surface area contributed by atoms with Gasteiger partial charge in [0.1, 0.15) is 12.6 Å². The maximum atomic E-state index is 12.9. The van der Waals surface area contributed by atoms with Crippen molar-refractivity contribution in [3.05, 3.63) is 35.9 Å². The molecule has 27 heavy (non-hydrogen) atoms. The largest absolute Gasteiger partial charge is 0.382 e. The van der Waals surface area contributed by atoms with Gasteiger partial charge in [-0.1, -0.05) is 36.8 Å². The first-order valence-corrected chi connectivity index (χ1v) is 9.97. The maximum Gasteiger partial charge on any atom is 0.147 e. The molecule has 0 amide bonds. The van der Waals surface area contributed by atoms with E-state index in [1.807, 2.05) is 37.3 Å². The fourth-order valence-corrected chi connectivity index (χ4v) is 4.84. The number of carbonyl (C=O) groups excluding carboxylic acids is 1. The molecule has 0 aromatic heterocycles. The van der Waals surface area contributed by atoms with E-state index < -0.39 is 5.41 Å². The number of hydrogen-bond donors (Lipinski definition) is 0. The lowest BCUT2D eigenvalue weighted by Crippen LogP contribution is -2.63. The van der Waals surface area contributed by atoms with Crippen LogP contribution in [0, 0.1) is 17.3 Å². The van der Waals surface area contributed by atoms with Gasteiger partial charge < -0.3 is 18.9 Å². The van der Waals surface area contributed by atoms with Gasteiger partial charge in [-0.25, -0.2) is 0 Å². The first kappa shape index (κ1) is 20.5. The summed E-state index contributed by atoms with van der Waals surface area (Å²) in [6, 6.07) is 10.1. The van der Waals surface area contributed by atoms with Gasteiger partial charge in [0.2, 0.25) is 0 Å².